The maximum absolute atomic E-state index is 13.5. The van der Waals surface area contributed by atoms with E-state index in [-0.39, 0.29) is 6.61 Å². The fourth-order valence-electron chi connectivity index (χ4n) is 1.48. The number of sulfonamides is 1. The zero-order valence-electron chi connectivity index (χ0n) is 10.2. The van der Waals surface area contributed by atoms with Gasteiger partial charge >= 0.3 is 0 Å². The molecule has 0 aliphatic carbocycles. The molecule has 1 rings (SSSR count). The SMILES string of the molecule is COCC(CCBr)NS(=O)(=O)c1cc(F)ccc1F. The minimum absolute atomic E-state index is 0.141. The van der Waals surface area contributed by atoms with Gasteiger partial charge in [0.25, 0.3) is 0 Å². The van der Waals surface area contributed by atoms with Crippen LogP contribution in [0.3, 0.4) is 0 Å². The first-order valence-corrected chi connectivity index (χ1v) is 8.03. The molecule has 0 saturated heterocycles. The normalized spacial score (nSPS) is 13.5. The lowest BCUT2D eigenvalue weighted by Crippen LogP contribution is -2.38. The molecule has 0 radical (unpaired) electrons. The van der Waals surface area contributed by atoms with Crippen LogP contribution in [0, 0.1) is 11.6 Å². The molecule has 0 saturated carbocycles. The molecule has 0 bridgehead atoms. The van der Waals surface area contributed by atoms with Gasteiger partial charge in [0.1, 0.15) is 16.5 Å². The van der Waals surface area contributed by atoms with Crippen LogP contribution >= 0.6 is 15.9 Å². The molecule has 108 valence electrons. The average molecular weight is 358 g/mol. The Bertz CT molecular complexity index is 519. The lowest BCUT2D eigenvalue weighted by atomic mass is 10.3. The number of hydrogen-bond acceptors (Lipinski definition) is 3. The van der Waals surface area contributed by atoms with Crippen molar-refractivity contribution in [3.8, 4) is 0 Å². The highest BCUT2D eigenvalue weighted by molar-refractivity contribution is 9.09. The Kier molecular flexibility index (Phi) is 6.31. The summed E-state index contributed by atoms with van der Waals surface area (Å²) in [5.41, 5.74) is 0. The Morgan fingerprint density at radius 3 is 2.68 bits per heavy atom. The summed E-state index contributed by atoms with van der Waals surface area (Å²) in [5.74, 6) is -1.81. The first kappa shape index (κ1) is 16.5. The molecule has 0 fully saturated rings. The van der Waals surface area contributed by atoms with Crippen molar-refractivity contribution in [2.24, 2.45) is 0 Å². The van der Waals surface area contributed by atoms with Gasteiger partial charge < -0.3 is 4.74 Å². The molecule has 1 aromatic rings. The average Bonchev–Trinajstić information content (AvgIpc) is 2.32. The highest BCUT2D eigenvalue weighted by Gasteiger charge is 2.23. The van der Waals surface area contributed by atoms with E-state index >= 15 is 0 Å². The molecule has 0 aromatic heterocycles. The number of benzene rings is 1. The van der Waals surface area contributed by atoms with Crippen LogP contribution < -0.4 is 4.72 Å². The molecule has 1 unspecified atom stereocenters. The standard InChI is InChI=1S/C11H14BrF2NO3S/c1-18-7-9(4-5-12)15-19(16,17)11-6-8(13)2-3-10(11)14/h2-3,6,9,15H,4-5,7H2,1H3. The summed E-state index contributed by atoms with van der Waals surface area (Å²) in [7, 11) is -2.69. The topological polar surface area (TPSA) is 55.4 Å². The highest BCUT2D eigenvalue weighted by Crippen LogP contribution is 2.16. The Morgan fingerprint density at radius 2 is 2.11 bits per heavy atom. The Hall–Kier alpha value is -0.570. The van der Waals surface area contributed by atoms with Crippen molar-refractivity contribution in [3.63, 3.8) is 0 Å². The van der Waals surface area contributed by atoms with E-state index in [2.05, 4.69) is 20.7 Å². The van der Waals surface area contributed by atoms with E-state index < -0.39 is 32.6 Å². The molecular weight excluding hydrogens is 344 g/mol. The van der Waals surface area contributed by atoms with Crippen molar-refractivity contribution in [1.82, 2.24) is 4.72 Å². The van der Waals surface area contributed by atoms with Crippen LogP contribution in [0.4, 0.5) is 8.78 Å². The number of hydrogen-bond donors (Lipinski definition) is 1. The molecule has 8 heteroatoms. The third-order valence-electron chi connectivity index (χ3n) is 2.33. The number of nitrogens with one attached hydrogen (secondary N) is 1. The fourth-order valence-corrected chi connectivity index (χ4v) is 3.37. The molecular formula is C11H14BrF2NO3S. The predicted octanol–water partition coefficient (Wildman–Crippen LogP) is 2.04. The van der Waals surface area contributed by atoms with Crippen LogP contribution in [-0.4, -0.2) is 33.5 Å². The zero-order chi connectivity index (χ0) is 14.5. The molecule has 0 amide bonds. The molecule has 0 aliphatic rings. The van der Waals surface area contributed by atoms with Crippen molar-refractivity contribution in [1.29, 1.82) is 0 Å². The summed E-state index contributed by atoms with van der Waals surface area (Å²) in [5, 5.41) is 0.551. The van der Waals surface area contributed by atoms with Gasteiger partial charge in [0.05, 0.1) is 6.61 Å². The minimum Gasteiger partial charge on any atom is -0.383 e. The molecule has 19 heavy (non-hydrogen) atoms. The van der Waals surface area contributed by atoms with Crippen LogP contribution in [0.15, 0.2) is 23.1 Å². The monoisotopic (exact) mass is 357 g/mol. The Labute approximate surface area is 119 Å². The van der Waals surface area contributed by atoms with Crippen molar-refractivity contribution >= 4 is 26.0 Å². The van der Waals surface area contributed by atoms with E-state index in [0.717, 1.165) is 12.1 Å². The summed E-state index contributed by atoms with van der Waals surface area (Å²) < 4.78 is 57.6. The second-order valence-electron chi connectivity index (χ2n) is 3.83. The molecule has 0 heterocycles. The lowest BCUT2D eigenvalue weighted by molar-refractivity contribution is 0.173. The zero-order valence-corrected chi connectivity index (χ0v) is 12.6. The maximum atomic E-state index is 13.5. The molecule has 1 N–H and O–H groups in total. The number of halogens is 3. The van der Waals surface area contributed by atoms with Crippen molar-refractivity contribution in [2.45, 2.75) is 17.4 Å². The van der Waals surface area contributed by atoms with Gasteiger partial charge in [-0.1, -0.05) is 15.9 Å². The predicted molar refractivity (Wildman–Crippen MR) is 70.8 cm³/mol. The van der Waals surface area contributed by atoms with Gasteiger partial charge in [0.15, 0.2) is 0 Å². The van der Waals surface area contributed by atoms with E-state index in [1.807, 2.05) is 0 Å². The highest BCUT2D eigenvalue weighted by atomic mass is 79.9. The quantitative estimate of drug-likeness (QED) is 0.759. The minimum atomic E-state index is -4.12. The van der Waals surface area contributed by atoms with Crippen molar-refractivity contribution in [3.05, 3.63) is 29.8 Å². The second kappa shape index (κ2) is 7.28. The van der Waals surface area contributed by atoms with E-state index in [1.165, 1.54) is 7.11 Å². The second-order valence-corrected chi connectivity index (χ2v) is 6.30. The first-order valence-electron chi connectivity index (χ1n) is 5.43. The summed E-state index contributed by atoms with van der Waals surface area (Å²) in [6.45, 7) is 0.141. The van der Waals surface area contributed by atoms with E-state index in [1.54, 1.807) is 0 Å². The third kappa shape index (κ3) is 4.79. The van der Waals surface area contributed by atoms with Crippen LogP contribution in [0.25, 0.3) is 0 Å². The van der Waals surface area contributed by atoms with Crippen LogP contribution in [0.1, 0.15) is 6.42 Å². The van der Waals surface area contributed by atoms with Gasteiger partial charge in [-0.25, -0.2) is 21.9 Å². The molecule has 0 spiro atoms. The fraction of sp³-hybridized carbons (Fsp3) is 0.455. The van der Waals surface area contributed by atoms with Gasteiger partial charge in [0.2, 0.25) is 10.0 Å². The first-order chi connectivity index (χ1) is 8.90. The van der Waals surface area contributed by atoms with E-state index in [0.29, 0.717) is 17.8 Å². The van der Waals surface area contributed by atoms with Crippen molar-refractivity contribution < 1.29 is 21.9 Å². The molecule has 1 aromatic carbocycles. The largest absolute Gasteiger partial charge is 0.383 e. The van der Waals surface area contributed by atoms with Crippen molar-refractivity contribution in [2.75, 3.05) is 19.0 Å². The third-order valence-corrected chi connectivity index (χ3v) is 4.32. The van der Waals surface area contributed by atoms with Crippen LogP contribution in [0.2, 0.25) is 0 Å². The van der Waals surface area contributed by atoms with Gasteiger partial charge in [-0.15, -0.1) is 0 Å². The van der Waals surface area contributed by atoms with E-state index in [4.69, 9.17) is 4.74 Å². The van der Waals surface area contributed by atoms with Crippen LogP contribution in [0.5, 0.6) is 0 Å². The van der Waals surface area contributed by atoms with Gasteiger partial charge in [0, 0.05) is 18.5 Å². The summed E-state index contributed by atoms with van der Waals surface area (Å²) >= 11 is 3.19. The van der Waals surface area contributed by atoms with Gasteiger partial charge in [-0.05, 0) is 24.6 Å². The number of methoxy groups -OCH3 is 1. The molecule has 4 nitrogen and oxygen atoms in total. The number of ether oxygens (including phenoxy) is 1. The van der Waals surface area contributed by atoms with Crippen LogP contribution in [-0.2, 0) is 14.8 Å². The Morgan fingerprint density at radius 1 is 1.42 bits per heavy atom. The summed E-state index contributed by atoms with van der Waals surface area (Å²) in [6.07, 6.45) is 0.462. The summed E-state index contributed by atoms with van der Waals surface area (Å²) in [4.78, 5) is -0.705. The number of alkyl halides is 1. The smallest absolute Gasteiger partial charge is 0.243 e. The number of rotatable bonds is 7. The summed E-state index contributed by atoms with van der Waals surface area (Å²) in [6, 6.07) is 1.77. The van der Waals surface area contributed by atoms with Gasteiger partial charge in [-0.3, -0.25) is 0 Å². The Balaban J connectivity index is 2.99. The lowest BCUT2D eigenvalue weighted by Gasteiger charge is -2.17. The van der Waals surface area contributed by atoms with Gasteiger partial charge in [-0.2, -0.15) is 0 Å². The maximum Gasteiger partial charge on any atom is 0.243 e. The molecule has 1 atom stereocenters. The molecule has 0 aliphatic heterocycles. The van der Waals surface area contributed by atoms with E-state index in [9.17, 15) is 17.2 Å².